The first kappa shape index (κ1) is 15.8. The molecule has 6 nitrogen and oxygen atoms in total. The molecule has 2 heterocycles. The van der Waals surface area contributed by atoms with Crippen LogP contribution in [-0.2, 0) is 9.59 Å². The number of terminal acetylenes is 1. The van der Waals surface area contributed by atoms with Crippen LogP contribution in [0.4, 0.5) is 0 Å². The summed E-state index contributed by atoms with van der Waals surface area (Å²) in [4.78, 5) is 29.9. The van der Waals surface area contributed by atoms with E-state index in [9.17, 15) is 9.59 Å². The molecule has 0 radical (unpaired) electrons. The van der Waals surface area contributed by atoms with Crippen LogP contribution in [0.2, 0.25) is 0 Å². The van der Waals surface area contributed by atoms with Gasteiger partial charge >= 0.3 is 0 Å². The second-order valence-corrected chi connectivity index (χ2v) is 5.62. The summed E-state index contributed by atoms with van der Waals surface area (Å²) in [7, 11) is 0. The van der Waals surface area contributed by atoms with Crippen molar-refractivity contribution in [2.24, 2.45) is 0 Å². The van der Waals surface area contributed by atoms with Crippen LogP contribution in [0.1, 0.15) is 12.8 Å². The van der Waals surface area contributed by atoms with E-state index in [4.69, 9.17) is 6.42 Å². The molecule has 0 saturated carbocycles. The highest BCUT2D eigenvalue weighted by molar-refractivity contribution is 5.79. The third-order valence-corrected chi connectivity index (χ3v) is 4.04. The van der Waals surface area contributed by atoms with Gasteiger partial charge in [-0.15, -0.1) is 6.42 Å². The summed E-state index contributed by atoms with van der Waals surface area (Å²) in [5.41, 5.74) is 0. The lowest BCUT2D eigenvalue weighted by Gasteiger charge is -2.34. The van der Waals surface area contributed by atoms with Crippen molar-refractivity contribution < 1.29 is 9.59 Å². The summed E-state index contributed by atoms with van der Waals surface area (Å²) in [6.45, 7) is 6.30. The summed E-state index contributed by atoms with van der Waals surface area (Å²) in [6.07, 6.45) is 7.37. The molecule has 0 aromatic heterocycles. The number of likely N-dealkylation sites (tertiary alicyclic amines) is 1. The van der Waals surface area contributed by atoms with Gasteiger partial charge in [0.05, 0.1) is 19.6 Å². The average Bonchev–Trinajstić information content (AvgIpc) is 3.01. The molecule has 0 aromatic carbocycles. The van der Waals surface area contributed by atoms with Crippen molar-refractivity contribution >= 4 is 11.8 Å². The zero-order chi connectivity index (χ0) is 15.1. The SMILES string of the molecule is C#CCNC(=O)CN1CCN(CC(=O)N2CCCC2)CC1. The topological polar surface area (TPSA) is 55.9 Å². The Morgan fingerprint density at radius 1 is 0.952 bits per heavy atom. The zero-order valence-corrected chi connectivity index (χ0v) is 12.5. The Morgan fingerprint density at radius 3 is 2.10 bits per heavy atom. The maximum absolute atomic E-state index is 12.1. The summed E-state index contributed by atoms with van der Waals surface area (Å²) in [6, 6.07) is 0. The number of hydrogen-bond acceptors (Lipinski definition) is 4. The van der Waals surface area contributed by atoms with Crippen LogP contribution in [0.5, 0.6) is 0 Å². The van der Waals surface area contributed by atoms with Crippen molar-refractivity contribution in [1.82, 2.24) is 20.0 Å². The van der Waals surface area contributed by atoms with Crippen LogP contribution in [-0.4, -0.2) is 85.4 Å². The first-order valence-corrected chi connectivity index (χ1v) is 7.61. The van der Waals surface area contributed by atoms with Crippen molar-refractivity contribution in [1.29, 1.82) is 0 Å². The number of amides is 2. The van der Waals surface area contributed by atoms with Gasteiger partial charge < -0.3 is 10.2 Å². The molecular formula is C15H24N4O2. The third-order valence-electron chi connectivity index (χ3n) is 4.04. The minimum Gasteiger partial charge on any atom is -0.344 e. The lowest BCUT2D eigenvalue weighted by molar-refractivity contribution is -0.132. The molecule has 6 heteroatoms. The van der Waals surface area contributed by atoms with Gasteiger partial charge in [0, 0.05) is 39.3 Å². The number of carbonyl (C=O) groups excluding carboxylic acids is 2. The van der Waals surface area contributed by atoms with Crippen LogP contribution in [0.15, 0.2) is 0 Å². The number of piperazine rings is 1. The van der Waals surface area contributed by atoms with E-state index >= 15 is 0 Å². The Labute approximate surface area is 126 Å². The van der Waals surface area contributed by atoms with E-state index in [1.54, 1.807) is 0 Å². The molecule has 0 unspecified atom stereocenters. The van der Waals surface area contributed by atoms with E-state index in [1.807, 2.05) is 4.90 Å². The summed E-state index contributed by atoms with van der Waals surface area (Å²) in [5, 5.41) is 2.67. The molecule has 0 spiro atoms. The Kier molecular flexibility index (Phi) is 6.03. The highest BCUT2D eigenvalue weighted by Gasteiger charge is 2.23. The number of nitrogens with one attached hydrogen (secondary N) is 1. The van der Waals surface area contributed by atoms with Gasteiger partial charge in [0.1, 0.15) is 0 Å². The first-order valence-electron chi connectivity index (χ1n) is 7.61. The fraction of sp³-hybridized carbons (Fsp3) is 0.733. The fourth-order valence-electron chi connectivity index (χ4n) is 2.77. The predicted octanol–water partition coefficient (Wildman–Crippen LogP) is -1.02. The molecule has 116 valence electrons. The molecule has 0 bridgehead atoms. The Bertz CT molecular complexity index is 404. The van der Waals surface area contributed by atoms with Crippen LogP contribution >= 0.6 is 0 Å². The number of hydrogen-bond donors (Lipinski definition) is 1. The van der Waals surface area contributed by atoms with E-state index in [0.717, 1.165) is 52.1 Å². The highest BCUT2D eigenvalue weighted by atomic mass is 16.2. The summed E-state index contributed by atoms with van der Waals surface area (Å²) in [5.74, 6) is 2.60. The normalized spacial score (nSPS) is 20.2. The van der Waals surface area contributed by atoms with Gasteiger partial charge in [-0.1, -0.05) is 5.92 Å². The lowest BCUT2D eigenvalue weighted by atomic mass is 10.3. The van der Waals surface area contributed by atoms with Gasteiger partial charge in [0.25, 0.3) is 0 Å². The second-order valence-electron chi connectivity index (χ2n) is 5.62. The molecule has 2 rings (SSSR count). The Balaban J connectivity index is 1.65. The quantitative estimate of drug-likeness (QED) is 0.659. The molecule has 0 aromatic rings. The molecule has 2 aliphatic heterocycles. The van der Waals surface area contributed by atoms with Gasteiger partial charge in [-0.2, -0.15) is 0 Å². The molecule has 2 fully saturated rings. The monoisotopic (exact) mass is 292 g/mol. The van der Waals surface area contributed by atoms with E-state index in [0.29, 0.717) is 13.1 Å². The highest BCUT2D eigenvalue weighted by Crippen LogP contribution is 2.09. The largest absolute Gasteiger partial charge is 0.344 e. The van der Waals surface area contributed by atoms with Gasteiger partial charge in [0.15, 0.2) is 0 Å². The number of carbonyl (C=O) groups is 2. The van der Waals surface area contributed by atoms with Crippen LogP contribution in [0.3, 0.4) is 0 Å². The molecule has 2 saturated heterocycles. The van der Waals surface area contributed by atoms with Crippen molar-refractivity contribution in [3.63, 3.8) is 0 Å². The average molecular weight is 292 g/mol. The number of nitrogens with zero attached hydrogens (tertiary/aromatic N) is 3. The Hall–Kier alpha value is -1.58. The second kappa shape index (κ2) is 8.01. The van der Waals surface area contributed by atoms with E-state index < -0.39 is 0 Å². The molecular weight excluding hydrogens is 268 g/mol. The van der Waals surface area contributed by atoms with Crippen LogP contribution in [0.25, 0.3) is 0 Å². The predicted molar refractivity (Wildman–Crippen MR) is 80.5 cm³/mol. The minimum absolute atomic E-state index is 0.0328. The standard InChI is InChI=1S/C15H24N4O2/c1-2-5-16-14(20)12-17-8-10-18(11-9-17)13-15(21)19-6-3-4-7-19/h1H,3-13H2,(H,16,20). The molecule has 2 amide bonds. The van der Waals surface area contributed by atoms with Crippen molar-refractivity contribution in [2.45, 2.75) is 12.8 Å². The maximum Gasteiger partial charge on any atom is 0.236 e. The van der Waals surface area contributed by atoms with E-state index in [2.05, 4.69) is 21.0 Å². The molecule has 1 N–H and O–H groups in total. The first-order chi connectivity index (χ1) is 10.2. The smallest absolute Gasteiger partial charge is 0.236 e. The van der Waals surface area contributed by atoms with Crippen molar-refractivity contribution in [3.05, 3.63) is 0 Å². The molecule has 0 aliphatic carbocycles. The van der Waals surface area contributed by atoms with Gasteiger partial charge in [-0.05, 0) is 12.8 Å². The zero-order valence-electron chi connectivity index (χ0n) is 12.5. The van der Waals surface area contributed by atoms with Crippen molar-refractivity contribution in [3.8, 4) is 12.3 Å². The van der Waals surface area contributed by atoms with Crippen LogP contribution < -0.4 is 5.32 Å². The van der Waals surface area contributed by atoms with Crippen LogP contribution in [0, 0.1) is 12.3 Å². The van der Waals surface area contributed by atoms with E-state index in [-0.39, 0.29) is 18.4 Å². The van der Waals surface area contributed by atoms with Gasteiger partial charge in [0.2, 0.25) is 11.8 Å². The lowest BCUT2D eigenvalue weighted by Crippen LogP contribution is -2.51. The van der Waals surface area contributed by atoms with Gasteiger partial charge in [-0.25, -0.2) is 0 Å². The van der Waals surface area contributed by atoms with E-state index in [1.165, 1.54) is 0 Å². The third kappa shape index (κ3) is 5.03. The molecule has 2 aliphatic rings. The Morgan fingerprint density at radius 2 is 1.52 bits per heavy atom. The number of rotatable bonds is 5. The summed E-state index contributed by atoms with van der Waals surface area (Å²) < 4.78 is 0. The molecule has 21 heavy (non-hydrogen) atoms. The maximum atomic E-state index is 12.1. The van der Waals surface area contributed by atoms with Crippen molar-refractivity contribution in [2.75, 3.05) is 58.9 Å². The minimum atomic E-state index is -0.0328. The van der Waals surface area contributed by atoms with Gasteiger partial charge in [-0.3, -0.25) is 19.4 Å². The fourth-order valence-corrected chi connectivity index (χ4v) is 2.77. The molecule has 0 atom stereocenters. The summed E-state index contributed by atoms with van der Waals surface area (Å²) >= 11 is 0.